The standard InChI is InChI=1S/C27H29ClN2O3/c1-18-5-4-6-19(13-18)17-30-12-11-21-14-25(32-2)26(33-3)15-23(21)24(30)16-29-27(31)20-7-9-22(28)10-8-20/h4-10,13-15,24H,11-12,16-17H2,1-3H3,(H,29,31)/t24-/m0/s1. The van der Waals surface area contributed by atoms with Crippen LogP contribution in [0, 0.1) is 6.92 Å². The van der Waals surface area contributed by atoms with Gasteiger partial charge in [-0.2, -0.15) is 0 Å². The summed E-state index contributed by atoms with van der Waals surface area (Å²) < 4.78 is 11.1. The molecule has 3 aromatic carbocycles. The van der Waals surface area contributed by atoms with Gasteiger partial charge in [0.25, 0.3) is 5.91 Å². The molecule has 0 saturated heterocycles. The second kappa shape index (κ2) is 10.3. The monoisotopic (exact) mass is 464 g/mol. The molecule has 0 fully saturated rings. The Hall–Kier alpha value is -3.02. The van der Waals surface area contributed by atoms with Crippen molar-refractivity contribution in [3.63, 3.8) is 0 Å². The molecule has 1 heterocycles. The number of carbonyl (C=O) groups is 1. The first-order chi connectivity index (χ1) is 16.0. The highest BCUT2D eigenvalue weighted by Crippen LogP contribution is 2.38. The lowest BCUT2D eigenvalue weighted by atomic mass is 9.91. The van der Waals surface area contributed by atoms with Crippen LogP contribution in [0.3, 0.4) is 0 Å². The molecule has 0 saturated carbocycles. The molecule has 0 spiro atoms. The van der Waals surface area contributed by atoms with Gasteiger partial charge in [0.05, 0.1) is 20.3 Å². The number of fused-ring (bicyclic) bond motifs is 1. The van der Waals surface area contributed by atoms with Crippen LogP contribution in [0.1, 0.15) is 38.7 Å². The Morgan fingerprint density at radius 2 is 1.79 bits per heavy atom. The number of amides is 1. The van der Waals surface area contributed by atoms with Crippen LogP contribution in [0.5, 0.6) is 11.5 Å². The zero-order valence-corrected chi connectivity index (χ0v) is 20.0. The predicted octanol–water partition coefficient (Wildman–Crippen LogP) is 5.20. The number of aryl methyl sites for hydroxylation is 1. The number of hydrogen-bond donors (Lipinski definition) is 1. The number of rotatable bonds is 7. The summed E-state index contributed by atoms with van der Waals surface area (Å²) in [4.78, 5) is 15.2. The Labute approximate surface area is 200 Å². The SMILES string of the molecule is COc1cc2c(cc1OC)[C@H](CNC(=O)c1ccc(Cl)cc1)N(Cc1cccc(C)c1)CC2. The molecule has 1 atom stereocenters. The first-order valence-electron chi connectivity index (χ1n) is 11.1. The smallest absolute Gasteiger partial charge is 0.251 e. The second-order valence-corrected chi connectivity index (χ2v) is 8.78. The van der Waals surface area contributed by atoms with Crippen molar-refractivity contribution >= 4 is 17.5 Å². The summed E-state index contributed by atoms with van der Waals surface area (Å²) in [6.45, 7) is 4.28. The zero-order chi connectivity index (χ0) is 23.4. The van der Waals surface area contributed by atoms with E-state index >= 15 is 0 Å². The zero-order valence-electron chi connectivity index (χ0n) is 19.2. The van der Waals surface area contributed by atoms with Crippen molar-refractivity contribution < 1.29 is 14.3 Å². The molecule has 1 N–H and O–H groups in total. The lowest BCUT2D eigenvalue weighted by Crippen LogP contribution is -2.41. The average molecular weight is 465 g/mol. The van der Waals surface area contributed by atoms with E-state index in [1.165, 1.54) is 16.7 Å². The number of carbonyl (C=O) groups excluding carboxylic acids is 1. The van der Waals surface area contributed by atoms with E-state index < -0.39 is 0 Å². The highest BCUT2D eigenvalue weighted by Gasteiger charge is 2.29. The van der Waals surface area contributed by atoms with Gasteiger partial charge in [-0.05, 0) is 66.4 Å². The summed E-state index contributed by atoms with van der Waals surface area (Å²) in [5, 5.41) is 3.74. The summed E-state index contributed by atoms with van der Waals surface area (Å²) in [5.74, 6) is 1.31. The molecule has 0 aromatic heterocycles. The fourth-order valence-electron chi connectivity index (χ4n) is 4.45. The Bertz CT molecular complexity index is 1130. The first kappa shape index (κ1) is 23.1. The maximum absolute atomic E-state index is 12.8. The van der Waals surface area contributed by atoms with E-state index in [0.29, 0.717) is 22.9 Å². The Kier molecular flexibility index (Phi) is 7.21. The number of ether oxygens (including phenoxy) is 2. The lowest BCUT2D eigenvalue weighted by Gasteiger charge is -2.38. The van der Waals surface area contributed by atoms with Gasteiger partial charge in [-0.3, -0.25) is 9.69 Å². The minimum absolute atomic E-state index is 0.00492. The summed E-state index contributed by atoms with van der Waals surface area (Å²) in [5.41, 5.74) is 5.46. The normalized spacial score (nSPS) is 15.6. The van der Waals surface area contributed by atoms with Gasteiger partial charge in [0.1, 0.15) is 0 Å². The summed E-state index contributed by atoms with van der Waals surface area (Å²) in [6.07, 6.45) is 0.906. The quantitative estimate of drug-likeness (QED) is 0.522. The van der Waals surface area contributed by atoms with Crippen molar-refractivity contribution in [1.29, 1.82) is 0 Å². The topological polar surface area (TPSA) is 50.8 Å². The van der Waals surface area contributed by atoms with Crippen molar-refractivity contribution in [2.45, 2.75) is 25.9 Å². The number of halogens is 1. The van der Waals surface area contributed by atoms with Crippen molar-refractivity contribution in [2.24, 2.45) is 0 Å². The van der Waals surface area contributed by atoms with E-state index in [1.54, 1.807) is 38.5 Å². The van der Waals surface area contributed by atoms with Crippen LogP contribution in [-0.4, -0.2) is 38.1 Å². The Morgan fingerprint density at radius 3 is 2.48 bits per heavy atom. The minimum atomic E-state index is -0.116. The van der Waals surface area contributed by atoms with E-state index in [1.807, 2.05) is 0 Å². The van der Waals surface area contributed by atoms with Gasteiger partial charge in [-0.15, -0.1) is 0 Å². The molecule has 0 unspecified atom stereocenters. The van der Waals surface area contributed by atoms with Crippen molar-refractivity contribution in [2.75, 3.05) is 27.3 Å². The highest BCUT2D eigenvalue weighted by atomic mass is 35.5. The van der Waals surface area contributed by atoms with E-state index in [-0.39, 0.29) is 11.9 Å². The number of nitrogens with zero attached hydrogens (tertiary/aromatic N) is 1. The fourth-order valence-corrected chi connectivity index (χ4v) is 4.57. The van der Waals surface area contributed by atoms with Crippen LogP contribution < -0.4 is 14.8 Å². The Balaban J connectivity index is 1.62. The van der Waals surface area contributed by atoms with Crippen LogP contribution in [0.25, 0.3) is 0 Å². The first-order valence-corrected chi connectivity index (χ1v) is 11.4. The van der Waals surface area contributed by atoms with Crippen LogP contribution in [0.15, 0.2) is 60.7 Å². The van der Waals surface area contributed by atoms with Crippen LogP contribution in [-0.2, 0) is 13.0 Å². The highest BCUT2D eigenvalue weighted by molar-refractivity contribution is 6.30. The summed E-state index contributed by atoms with van der Waals surface area (Å²) >= 11 is 5.97. The van der Waals surface area contributed by atoms with Gasteiger partial charge in [0.15, 0.2) is 11.5 Å². The molecule has 3 aromatic rings. The molecule has 0 radical (unpaired) electrons. The van der Waals surface area contributed by atoms with Gasteiger partial charge >= 0.3 is 0 Å². The molecule has 4 rings (SSSR count). The van der Waals surface area contributed by atoms with Crippen molar-refractivity contribution in [3.05, 3.63) is 93.5 Å². The Morgan fingerprint density at radius 1 is 1.06 bits per heavy atom. The molecule has 1 amide bonds. The maximum Gasteiger partial charge on any atom is 0.251 e. The van der Waals surface area contributed by atoms with Gasteiger partial charge in [-0.25, -0.2) is 0 Å². The molecule has 1 aliphatic heterocycles. The van der Waals surface area contributed by atoms with Crippen LogP contribution in [0.2, 0.25) is 5.02 Å². The molecule has 5 nitrogen and oxygen atoms in total. The van der Waals surface area contributed by atoms with Gasteiger partial charge in [0.2, 0.25) is 0 Å². The summed E-state index contributed by atoms with van der Waals surface area (Å²) in [6, 6.07) is 19.6. The average Bonchev–Trinajstić information content (AvgIpc) is 2.82. The van der Waals surface area contributed by atoms with Crippen LogP contribution in [0.4, 0.5) is 0 Å². The second-order valence-electron chi connectivity index (χ2n) is 8.35. The lowest BCUT2D eigenvalue weighted by molar-refractivity contribution is 0.0926. The molecular weight excluding hydrogens is 436 g/mol. The maximum atomic E-state index is 12.8. The third kappa shape index (κ3) is 5.32. The van der Waals surface area contributed by atoms with Crippen molar-refractivity contribution in [3.8, 4) is 11.5 Å². The van der Waals surface area contributed by atoms with E-state index in [9.17, 15) is 4.79 Å². The van der Waals surface area contributed by atoms with E-state index in [4.69, 9.17) is 21.1 Å². The number of benzene rings is 3. The summed E-state index contributed by atoms with van der Waals surface area (Å²) in [7, 11) is 3.30. The molecule has 0 bridgehead atoms. The molecule has 6 heteroatoms. The third-order valence-corrected chi connectivity index (χ3v) is 6.40. The molecule has 172 valence electrons. The van der Waals surface area contributed by atoms with Crippen LogP contribution >= 0.6 is 11.6 Å². The molecular formula is C27H29ClN2O3. The largest absolute Gasteiger partial charge is 0.493 e. The molecule has 0 aliphatic carbocycles. The predicted molar refractivity (Wildman–Crippen MR) is 131 cm³/mol. The van der Waals surface area contributed by atoms with Gasteiger partial charge in [0, 0.05) is 30.2 Å². The van der Waals surface area contributed by atoms with Gasteiger partial charge < -0.3 is 14.8 Å². The van der Waals surface area contributed by atoms with Gasteiger partial charge in [-0.1, -0.05) is 41.4 Å². The van der Waals surface area contributed by atoms with E-state index in [2.05, 4.69) is 53.5 Å². The number of hydrogen-bond acceptors (Lipinski definition) is 4. The molecule has 1 aliphatic rings. The minimum Gasteiger partial charge on any atom is -0.493 e. The van der Waals surface area contributed by atoms with Crippen molar-refractivity contribution in [1.82, 2.24) is 10.2 Å². The fraction of sp³-hybridized carbons (Fsp3) is 0.296. The molecule has 33 heavy (non-hydrogen) atoms. The van der Waals surface area contributed by atoms with E-state index in [0.717, 1.165) is 30.8 Å². The third-order valence-electron chi connectivity index (χ3n) is 6.14. The number of nitrogens with one attached hydrogen (secondary N) is 1. The number of methoxy groups -OCH3 is 2.